The first-order chi connectivity index (χ1) is 7.45. The number of pyridine rings is 1. The van der Waals surface area contributed by atoms with E-state index in [1.807, 2.05) is 6.92 Å². The van der Waals surface area contributed by atoms with Gasteiger partial charge in [0.05, 0.1) is 5.02 Å². The Kier molecular flexibility index (Phi) is 6.96. The van der Waals surface area contributed by atoms with Gasteiger partial charge >= 0.3 is 0 Å². The summed E-state index contributed by atoms with van der Waals surface area (Å²) in [4.78, 5) is 3.80. The van der Waals surface area contributed by atoms with Gasteiger partial charge < -0.3 is 5.32 Å². The first-order valence-electron chi connectivity index (χ1n) is 4.73. The summed E-state index contributed by atoms with van der Waals surface area (Å²) in [5.74, 6) is 0. The molecule has 1 heterocycles. The van der Waals surface area contributed by atoms with Crippen LogP contribution in [0.15, 0.2) is 23.4 Å². The SMILES string of the molecule is CNC(C)CNS(=O)(=O)c1cncc(Cl)c1.Cl. The van der Waals surface area contributed by atoms with Gasteiger partial charge in [-0.1, -0.05) is 11.6 Å². The van der Waals surface area contributed by atoms with Gasteiger partial charge in [0.25, 0.3) is 0 Å². The zero-order chi connectivity index (χ0) is 12.2. The molecule has 0 bridgehead atoms. The van der Waals surface area contributed by atoms with Gasteiger partial charge in [0.2, 0.25) is 10.0 Å². The molecule has 1 aromatic heterocycles. The maximum Gasteiger partial charge on any atom is 0.242 e. The van der Waals surface area contributed by atoms with Crippen molar-refractivity contribution in [2.24, 2.45) is 0 Å². The van der Waals surface area contributed by atoms with E-state index in [2.05, 4.69) is 15.0 Å². The van der Waals surface area contributed by atoms with Crippen LogP contribution in [-0.2, 0) is 10.0 Å². The molecule has 0 aliphatic carbocycles. The van der Waals surface area contributed by atoms with Gasteiger partial charge in [-0.25, -0.2) is 13.1 Å². The van der Waals surface area contributed by atoms with E-state index in [-0.39, 0.29) is 23.3 Å². The molecular formula is C9H15Cl2N3O2S. The summed E-state index contributed by atoms with van der Waals surface area (Å²) in [5, 5.41) is 3.23. The van der Waals surface area contributed by atoms with Crippen LogP contribution in [0.2, 0.25) is 5.02 Å². The lowest BCUT2D eigenvalue weighted by molar-refractivity contribution is 0.554. The molecule has 2 N–H and O–H groups in total. The standard InChI is InChI=1S/C9H14ClN3O2S.ClH/c1-7(11-2)4-13-16(14,15)9-3-8(10)5-12-6-9;/h3,5-7,11,13H,4H2,1-2H3;1H. The zero-order valence-electron chi connectivity index (χ0n) is 9.47. The van der Waals surface area contributed by atoms with Gasteiger partial charge in [0, 0.05) is 25.0 Å². The number of nitrogens with zero attached hydrogens (tertiary/aromatic N) is 1. The zero-order valence-corrected chi connectivity index (χ0v) is 11.9. The fourth-order valence-corrected chi connectivity index (χ4v) is 2.32. The molecule has 5 nitrogen and oxygen atoms in total. The molecule has 1 aromatic rings. The molecule has 1 atom stereocenters. The highest BCUT2D eigenvalue weighted by Gasteiger charge is 2.15. The molecule has 0 aromatic carbocycles. The van der Waals surface area contributed by atoms with Crippen LogP contribution in [-0.4, -0.2) is 33.0 Å². The molecule has 0 spiro atoms. The van der Waals surface area contributed by atoms with Crippen LogP contribution in [0.25, 0.3) is 0 Å². The molecule has 0 aliphatic heterocycles. The monoisotopic (exact) mass is 299 g/mol. The largest absolute Gasteiger partial charge is 0.316 e. The van der Waals surface area contributed by atoms with Gasteiger partial charge in [0.15, 0.2) is 0 Å². The maximum atomic E-state index is 11.8. The Hall–Kier alpha value is -0.400. The average molecular weight is 300 g/mol. The number of hydrogen-bond donors (Lipinski definition) is 2. The van der Waals surface area contributed by atoms with Crippen molar-refractivity contribution in [1.29, 1.82) is 0 Å². The van der Waals surface area contributed by atoms with E-state index in [0.717, 1.165) is 0 Å². The fraction of sp³-hybridized carbons (Fsp3) is 0.444. The minimum absolute atomic E-state index is 0. The van der Waals surface area contributed by atoms with E-state index in [9.17, 15) is 8.42 Å². The molecule has 1 unspecified atom stereocenters. The van der Waals surface area contributed by atoms with Crippen LogP contribution in [0.1, 0.15) is 6.92 Å². The van der Waals surface area contributed by atoms with Crippen LogP contribution in [0.4, 0.5) is 0 Å². The van der Waals surface area contributed by atoms with Crippen molar-refractivity contribution in [3.63, 3.8) is 0 Å². The molecule has 0 fully saturated rings. The van der Waals surface area contributed by atoms with Crippen LogP contribution in [0.3, 0.4) is 0 Å². The van der Waals surface area contributed by atoms with Crippen molar-refractivity contribution in [2.45, 2.75) is 17.9 Å². The fourth-order valence-electron chi connectivity index (χ4n) is 0.959. The third-order valence-electron chi connectivity index (χ3n) is 2.06. The summed E-state index contributed by atoms with van der Waals surface area (Å²) < 4.78 is 26.0. The Labute approximate surface area is 112 Å². The first-order valence-corrected chi connectivity index (χ1v) is 6.59. The van der Waals surface area contributed by atoms with Crippen LogP contribution in [0, 0.1) is 0 Å². The summed E-state index contributed by atoms with van der Waals surface area (Å²) >= 11 is 5.67. The van der Waals surface area contributed by atoms with Gasteiger partial charge in [-0.05, 0) is 20.0 Å². The van der Waals surface area contributed by atoms with E-state index >= 15 is 0 Å². The summed E-state index contributed by atoms with van der Waals surface area (Å²) in [6.07, 6.45) is 2.65. The van der Waals surface area contributed by atoms with E-state index in [4.69, 9.17) is 11.6 Å². The second-order valence-electron chi connectivity index (χ2n) is 3.38. The minimum atomic E-state index is -3.52. The maximum absolute atomic E-state index is 11.8. The molecule has 0 amide bonds. The first kappa shape index (κ1) is 16.6. The van der Waals surface area contributed by atoms with Crippen molar-refractivity contribution in [3.8, 4) is 0 Å². The van der Waals surface area contributed by atoms with E-state index in [1.54, 1.807) is 7.05 Å². The smallest absolute Gasteiger partial charge is 0.242 e. The number of rotatable bonds is 5. The van der Waals surface area contributed by atoms with E-state index in [0.29, 0.717) is 11.6 Å². The van der Waals surface area contributed by atoms with Crippen molar-refractivity contribution < 1.29 is 8.42 Å². The highest BCUT2D eigenvalue weighted by molar-refractivity contribution is 7.89. The Bertz CT molecular complexity index is 453. The summed E-state index contributed by atoms with van der Waals surface area (Å²) in [7, 11) is -1.76. The molecule has 0 saturated carbocycles. The third-order valence-corrected chi connectivity index (χ3v) is 3.66. The normalized spacial score (nSPS) is 12.9. The third kappa shape index (κ3) is 5.18. The lowest BCUT2D eigenvalue weighted by Crippen LogP contribution is -2.37. The van der Waals surface area contributed by atoms with Crippen LogP contribution in [0.5, 0.6) is 0 Å². The Morgan fingerprint density at radius 2 is 2.12 bits per heavy atom. The Balaban J connectivity index is 0.00000256. The van der Waals surface area contributed by atoms with Crippen LogP contribution >= 0.6 is 24.0 Å². The predicted molar refractivity (Wildman–Crippen MR) is 70.2 cm³/mol. The highest BCUT2D eigenvalue weighted by atomic mass is 35.5. The van der Waals surface area contributed by atoms with E-state index in [1.165, 1.54) is 18.5 Å². The quantitative estimate of drug-likeness (QED) is 0.852. The number of likely N-dealkylation sites (N-methyl/N-ethyl adjacent to an activating group) is 1. The average Bonchev–Trinajstić information content (AvgIpc) is 2.26. The van der Waals surface area contributed by atoms with Crippen molar-refractivity contribution in [2.75, 3.05) is 13.6 Å². The number of hydrogen-bond acceptors (Lipinski definition) is 4. The molecule has 17 heavy (non-hydrogen) atoms. The van der Waals surface area contributed by atoms with Crippen molar-refractivity contribution in [1.82, 2.24) is 15.0 Å². The number of sulfonamides is 1. The molecule has 0 radical (unpaired) electrons. The summed E-state index contributed by atoms with van der Waals surface area (Å²) in [6, 6.07) is 1.42. The number of nitrogens with one attached hydrogen (secondary N) is 2. The van der Waals surface area contributed by atoms with Crippen molar-refractivity contribution >= 4 is 34.0 Å². The molecule has 98 valence electrons. The summed E-state index contributed by atoms with van der Waals surface area (Å²) in [5.41, 5.74) is 0. The van der Waals surface area contributed by atoms with Gasteiger partial charge in [-0.15, -0.1) is 12.4 Å². The summed E-state index contributed by atoms with van der Waals surface area (Å²) in [6.45, 7) is 2.18. The van der Waals surface area contributed by atoms with Crippen LogP contribution < -0.4 is 10.0 Å². The van der Waals surface area contributed by atoms with E-state index < -0.39 is 10.0 Å². The lowest BCUT2D eigenvalue weighted by atomic mass is 10.4. The Morgan fingerprint density at radius 1 is 1.47 bits per heavy atom. The van der Waals surface area contributed by atoms with Gasteiger partial charge in [-0.3, -0.25) is 4.98 Å². The van der Waals surface area contributed by atoms with Gasteiger partial charge in [0.1, 0.15) is 4.90 Å². The minimum Gasteiger partial charge on any atom is -0.316 e. The predicted octanol–water partition coefficient (Wildman–Crippen LogP) is 1.04. The second kappa shape index (κ2) is 7.13. The molecular weight excluding hydrogens is 285 g/mol. The lowest BCUT2D eigenvalue weighted by Gasteiger charge is -2.11. The highest BCUT2D eigenvalue weighted by Crippen LogP contribution is 2.12. The van der Waals surface area contributed by atoms with Crippen molar-refractivity contribution in [3.05, 3.63) is 23.5 Å². The molecule has 0 aliphatic rings. The molecule has 1 rings (SSSR count). The second-order valence-corrected chi connectivity index (χ2v) is 5.58. The Morgan fingerprint density at radius 3 is 2.65 bits per heavy atom. The molecule has 8 heteroatoms. The number of aromatic nitrogens is 1. The topological polar surface area (TPSA) is 71.1 Å². The van der Waals surface area contributed by atoms with Gasteiger partial charge in [-0.2, -0.15) is 0 Å². The molecule has 0 saturated heterocycles. The number of halogens is 2.